The van der Waals surface area contributed by atoms with Crippen LogP contribution in [0.3, 0.4) is 0 Å². The summed E-state index contributed by atoms with van der Waals surface area (Å²) in [4.78, 5) is 2.08. The van der Waals surface area contributed by atoms with E-state index < -0.39 is 10.0 Å². The van der Waals surface area contributed by atoms with Gasteiger partial charge in [-0.05, 0) is 38.8 Å². The molecule has 0 atom stereocenters. The quantitative estimate of drug-likeness (QED) is 0.633. The topological polar surface area (TPSA) is 59.0 Å². The molecule has 1 fully saturated rings. The number of amidine groups is 1. The summed E-state index contributed by atoms with van der Waals surface area (Å²) in [6.45, 7) is 5.73. The molecule has 110 valence electrons. The van der Waals surface area contributed by atoms with Crippen LogP contribution in [0, 0.1) is 6.92 Å². The standard InChI is InChI=1S/C14H20N2O3S/c1-3-19-14(16-10-4-5-11-16)15-20(17,18)13-8-6-12(2)7-9-13/h6-9H,3-5,10-11H2,1-2H3/b15-14-. The van der Waals surface area contributed by atoms with Gasteiger partial charge in [0.25, 0.3) is 10.0 Å². The van der Waals surface area contributed by atoms with Crippen molar-refractivity contribution in [2.45, 2.75) is 31.6 Å². The molecule has 1 aromatic carbocycles. The zero-order valence-corrected chi connectivity index (χ0v) is 12.7. The zero-order valence-electron chi connectivity index (χ0n) is 11.9. The highest BCUT2D eigenvalue weighted by atomic mass is 32.2. The highest BCUT2D eigenvalue weighted by Crippen LogP contribution is 2.16. The molecular weight excluding hydrogens is 276 g/mol. The maximum Gasteiger partial charge on any atom is 0.303 e. The number of hydrogen-bond donors (Lipinski definition) is 0. The molecule has 0 aliphatic carbocycles. The van der Waals surface area contributed by atoms with Crippen LogP contribution in [0.1, 0.15) is 25.3 Å². The van der Waals surface area contributed by atoms with Gasteiger partial charge in [-0.1, -0.05) is 17.7 Å². The number of aryl methyl sites for hydroxylation is 1. The van der Waals surface area contributed by atoms with Gasteiger partial charge in [0.15, 0.2) is 0 Å². The molecule has 0 bridgehead atoms. The monoisotopic (exact) mass is 296 g/mol. The molecule has 1 aromatic rings. The molecule has 6 heteroatoms. The Balaban J connectivity index is 2.30. The molecule has 1 saturated heterocycles. The summed E-state index contributed by atoms with van der Waals surface area (Å²) in [5.41, 5.74) is 1.01. The van der Waals surface area contributed by atoms with Crippen molar-refractivity contribution in [3.8, 4) is 0 Å². The Hall–Kier alpha value is -1.56. The maximum atomic E-state index is 12.3. The van der Waals surface area contributed by atoms with Crippen molar-refractivity contribution < 1.29 is 13.2 Å². The number of rotatable bonds is 3. The average Bonchev–Trinajstić information content (AvgIpc) is 2.92. The lowest BCUT2D eigenvalue weighted by Gasteiger charge is -2.18. The van der Waals surface area contributed by atoms with Crippen LogP contribution in [0.15, 0.2) is 33.6 Å². The van der Waals surface area contributed by atoms with Gasteiger partial charge in [0.1, 0.15) is 0 Å². The second-order valence-corrected chi connectivity index (χ2v) is 6.39. The third-order valence-electron chi connectivity index (χ3n) is 3.17. The summed E-state index contributed by atoms with van der Waals surface area (Å²) >= 11 is 0. The van der Waals surface area contributed by atoms with E-state index in [1.54, 1.807) is 24.3 Å². The number of sulfonamides is 1. The van der Waals surface area contributed by atoms with Crippen molar-refractivity contribution in [1.82, 2.24) is 4.90 Å². The Kier molecular flexibility index (Phi) is 4.65. The van der Waals surface area contributed by atoms with E-state index in [0.717, 1.165) is 31.5 Å². The van der Waals surface area contributed by atoms with Crippen molar-refractivity contribution in [1.29, 1.82) is 0 Å². The second kappa shape index (κ2) is 6.26. The van der Waals surface area contributed by atoms with E-state index in [-0.39, 0.29) is 10.9 Å². The first kappa shape index (κ1) is 14.8. The first-order chi connectivity index (χ1) is 9.53. The molecule has 1 aliphatic heterocycles. The molecule has 0 amide bonds. The summed E-state index contributed by atoms with van der Waals surface area (Å²) < 4.78 is 33.9. The largest absolute Gasteiger partial charge is 0.465 e. The van der Waals surface area contributed by atoms with Crippen LogP contribution in [-0.2, 0) is 14.8 Å². The first-order valence-corrected chi connectivity index (χ1v) is 8.26. The lowest BCUT2D eigenvalue weighted by atomic mass is 10.2. The SMILES string of the molecule is CCO/C(=N\S(=O)(=O)c1ccc(C)cc1)N1CCCC1. The van der Waals surface area contributed by atoms with E-state index in [1.165, 1.54) is 0 Å². The number of benzene rings is 1. The molecule has 20 heavy (non-hydrogen) atoms. The van der Waals surface area contributed by atoms with E-state index in [1.807, 2.05) is 18.7 Å². The lowest BCUT2D eigenvalue weighted by molar-refractivity contribution is 0.262. The van der Waals surface area contributed by atoms with Crippen molar-refractivity contribution in [2.24, 2.45) is 4.40 Å². The fourth-order valence-corrected chi connectivity index (χ4v) is 3.04. The summed E-state index contributed by atoms with van der Waals surface area (Å²) in [5.74, 6) is 0. The van der Waals surface area contributed by atoms with Gasteiger partial charge in [0, 0.05) is 13.1 Å². The molecule has 0 spiro atoms. The average molecular weight is 296 g/mol. The highest BCUT2D eigenvalue weighted by Gasteiger charge is 2.22. The van der Waals surface area contributed by atoms with Gasteiger partial charge in [-0.3, -0.25) is 0 Å². The van der Waals surface area contributed by atoms with Crippen molar-refractivity contribution in [2.75, 3.05) is 19.7 Å². The Morgan fingerprint density at radius 2 is 1.85 bits per heavy atom. The van der Waals surface area contributed by atoms with Crippen LogP contribution >= 0.6 is 0 Å². The van der Waals surface area contributed by atoms with E-state index in [9.17, 15) is 8.42 Å². The number of hydrogen-bond acceptors (Lipinski definition) is 3. The van der Waals surface area contributed by atoms with E-state index in [4.69, 9.17) is 4.74 Å². The zero-order chi connectivity index (χ0) is 14.6. The molecule has 2 rings (SSSR count). The molecule has 0 saturated carbocycles. The summed E-state index contributed by atoms with van der Waals surface area (Å²) in [5, 5.41) is 0. The fraction of sp³-hybridized carbons (Fsp3) is 0.500. The number of ether oxygens (including phenoxy) is 1. The van der Waals surface area contributed by atoms with Crippen molar-refractivity contribution in [3.63, 3.8) is 0 Å². The van der Waals surface area contributed by atoms with Gasteiger partial charge < -0.3 is 9.64 Å². The minimum atomic E-state index is -3.71. The minimum absolute atomic E-state index is 0.194. The Morgan fingerprint density at radius 1 is 1.25 bits per heavy atom. The number of likely N-dealkylation sites (tertiary alicyclic amines) is 1. The van der Waals surface area contributed by atoms with Gasteiger partial charge in [0.05, 0.1) is 11.5 Å². The minimum Gasteiger partial charge on any atom is -0.465 e. The molecule has 5 nitrogen and oxygen atoms in total. The molecule has 1 heterocycles. The highest BCUT2D eigenvalue weighted by molar-refractivity contribution is 7.90. The van der Waals surface area contributed by atoms with Crippen molar-refractivity contribution in [3.05, 3.63) is 29.8 Å². The van der Waals surface area contributed by atoms with E-state index in [0.29, 0.717) is 6.61 Å². The normalized spacial score (nSPS) is 16.5. The van der Waals surface area contributed by atoms with Crippen LogP contribution in [0.5, 0.6) is 0 Å². The molecule has 0 N–H and O–H groups in total. The smallest absolute Gasteiger partial charge is 0.303 e. The van der Waals surface area contributed by atoms with Crippen LogP contribution in [0.25, 0.3) is 0 Å². The molecule has 1 aliphatic rings. The lowest BCUT2D eigenvalue weighted by Crippen LogP contribution is -2.31. The third kappa shape index (κ3) is 3.50. The van der Waals surface area contributed by atoms with Crippen molar-refractivity contribution >= 4 is 16.0 Å². The molecule has 0 aromatic heterocycles. The summed E-state index contributed by atoms with van der Waals surface area (Å²) in [7, 11) is -3.71. The molecular formula is C14H20N2O3S. The van der Waals surface area contributed by atoms with Gasteiger partial charge >= 0.3 is 6.02 Å². The summed E-state index contributed by atoms with van der Waals surface area (Å²) in [6, 6.07) is 6.88. The second-order valence-electron chi connectivity index (χ2n) is 4.79. The van der Waals surface area contributed by atoms with E-state index in [2.05, 4.69) is 4.40 Å². The molecule has 0 unspecified atom stereocenters. The third-order valence-corrected chi connectivity index (χ3v) is 4.43. The van der Waals surface area contributed by atoms with Gasteiger partial charge in [-0.25, -0.2) is 0 Å². The maximum absolute atomic E-state index is 12.3. The molecule has 0 radical (unpaired) electrons. The van der Waals surface area contributed by atoms with Gasteiger partial charge in [0.2, 0.25) is 0 Å². The van der Waals surface area contributed by atoms with Crippen LogP contribution in [0.2, 0.25) is 0 Å². The van der Waals surface area contributed by atoms with Gasteiger partial charge in [-0.2, -0.15) is 8.42 Å². The Bertz CT molecular complexity index is 573. The predicted molar refractivity (Wildman–Crippen MR) is 78.2 cm³/mol. The first-order valence-electron chi connectivity index (χ1n) is 6.82. The Labute approximate surface area is 120 Å². The van der Waals surface area contributed by atoms with Crippen LogP contribution in [-0.4, -0.2) is 39.0 Å². The number of nitrogens with zero attached hydrogens (tertiary/aromatic N) is 2. The van der Waals surface area contributed by atoms with E-state index >= 15 is 0 Å². The fourth-order valence-electron chi connectivity index (χ4n) is 2.08. The predicted octanol–water partition coefficient (Wildman–Crippen LogP) is 2.17. The van der Waals surface area contributed by atoms with Gasteiger partial charge in [-0.15, -0.1) is 4.40 Å². The van der Waals surface area contributed by atoms with Crippen LogP contribution in [0.4, 0.5) is 0 Å². The Morgan fingerprint density at radius 3 is 2.40 bits per heavy atom. The van der Waals surface area contributed by atoms with Crippen LogP contribution < -0.4 is 0 Å². The summed E-state index contributed by atoms with van der Waals surface area (Å²) in [6.07, 6.45) is 2.08.